The Labute approximate surface area is 144 Å². The summed E-state index contributed by atoms with van der Waals surface area (Å²) >= 11 is 0. The molecule has 130 valence electrons. The number of aromatic nitrogens is 2. The number of nitrogens with two attached hydrogens (primary N) is 2. The van der Waals surface area contributed by atoms with Gasteiger partial charge in [0.25, 0.3) is 0 Å². The molecule has 1 heterocycles. The van der Waals surface area contributed by atoms with Crippen LogP contribution in [-0.4, -0.2) is 16.6 Å². The zero-order valence-electron chi connectivity index (χ0n) is 14.5. The third kappa shape index (κ3) is 6.07. The van der Waals surface area contributed by atoms with Gasteiger partial charge >= 0.3 is 0 Å². The summed E-state index contributed by atoms with van der Waals surface area (Å²) in [5, 5.41) is 0. The van der Waals surface area contributed by atoms with Crippen LogP contribution in [0.5, 0.6) is 5.75 Å². The normalized spacial score (nSPS) is 10.7. The number of hydrogen-bond acceptors (Lipinski definition) is 5. The maximum atomic E-state index is 5.87. The van der Waals surface area contributed by atoms with Crippen molar-refractivity contribution in [3.63, 3.8) is 0 Å². The van der Waals surface area contributed by atoms with Gasteiger partial charge in [-0.25, -0.2) is 4.98 Å². The van der Waals surface area contributed by atoms with Gasteiger partial charge in [0.05, 0.1) is 6.61 Å². The molecule has 0 spiro atoms. The molecule has 0 bridgehead atoms. The van der Waals surface area contributed by atoms with E-state index in [2.05, 4.69) is 16.9 Å². The lowest BCUT2D eigenvalue weighted by atomic mass is 10.1. The molecule has 24 heavy (non-hydrogen) atoms. The SMILES string of the molecule is CCCCCCCCOc1ccc(Cc2cnc(N)nc2N)cc1. The number of nitrogens with zero attached hydrogens (tertiary/aromatic N) is 2. The summed E-state index contributed by atoms with van der Waals surface area (Å²) in [7, 11) is 0. The third-order valence-electron chi connectivity index (χ3n) is 4.00. The van der Waals surface area contributed by atoms with E-state index in [0.29, 0.717) is 12.2 Å². The van der Waals surface area contributed by atoms with Crippen molar-refractivity contribution in [2.45, 2.75) is 51.9 Å². The first kappa shape index (κ1) is 18.0. The molecule has 0 fully saturated rings. The highest BCUT2D eigenvalue weighted by Crippen LogP contribution is 2.18. The minimum absolute atomic E-state index is 0.203. The summed E-state index contributed by atoms with van der Waals surface area (Å²) in [4.78, 5) is 7.98. The second kappa shape index (κ2) is 9.75. The molecule has 2 aromatic rings. The number of ether oxygens (including phenoxy) is 1. The van der Waals surface area contributed by atoms with Crippen molar-refractivity contribution < 1.29 is 4.74 Å². The highest BCUT2D eigenvalue weighted by Gasteiger charge is 2.04. The lowest BCUT2D eigenvalue weighted by molar-refractivity contribution is 0.304. The number of benzene rings is 1. The van der Waals surface area contributed by atoms with Crippen LogP contribution < -0.4 is 16.2 Å². The van der Waals surface area contributed by atoms with E-state index in [1.54, 1.807) is 6.20 Å². The van der Waals surface area contributed by atoms with Crippen molar-refractivity contribution >= 4 is 11.8 Å². The van der Waals surface area contributed by atoms with Gasteiger partial charge < -0.3 is 16.2 Å². The number of unbranched alkanes of at least 4 members (excludes halogenated alkanes) is 5. The van der Waals surface area contributed by atoms with Crippen LogP contribution in [0.2, 0.25) is 0 Å². The molecule has 2 rings (SSSR count). The van der Waals surface area contributed by atoms with E-state index >= 15 is 0 Å². The number of rotatable bonds is 10. The molecule has 0 aliphatic heterocycles. The summed E-state index contributed by atoms with van der Waals surface area (Å²) in [6.45, 7) is 3.02. The Morgan fingerprint density at radius 1 is 0.958 bits per heavy atom. The maximum Gasteiger partial charge on any atom is 0.221 e. The summed E-state index contributed by atoms with van der Waals surface area (Å²) in [6, 6.07) is 8.10. The molecule has 0 saturated heterocycles. The number of hydrogen-bond donors (Lipinski definition) is 2. The molecule has 4 N–H and O–H groups in total. The van der Waals surface area contributed by atoms with Crippen LogP contribution in [0.4, 0.5) is 11.8 Å². The smallest absolute Gasteiger partial charge is 0.221 e. The van der Waals surface area contributed by atoms with Gasteiger partial charge in [-0.1, -0.05) is 51.2 Å². The predicted octanol–water partition coefficient (Wildman–Crippen LogP) is 3.97. The highest BCUT2D eigenvalue weighted by atomic mass is 16.5. The van der Waals surface area contributed by atoms with Crippen molar-refractivity contribution in [3.05, 3.63) is 41.6 Å². The van der Waals surface area contributed by atoms with Gasteiger partial charge in [0.2, 0.25) is 5.95 Å². The molecule has 5 nitrogen and oxygen atoms in total. The third-order valence-corrected chi connectivity index (χ3v) is 4.00. The molecule has 1 aromatic heterocycles. The topological polar surface area (TPSA) is 87.0 Å². The Morgan fingerprint density at radius 3 is 2.38 bits per heavy atom. The van der Waals surface area contributed by atoms with Gasteiger partial charge in [-0.15, -0.1) is 0 Å². The second-order valence-electron chi connectivity index (χ2n) is 6.08. The summed E-state index contributed by atoms with van der Waals surface area (Å²) in [5.74, 6) is 1.55. The molecule has 1 aromatic carbocycles. The standard InChI is InChI=1S/C19H28N4O/c1-2-3-4-5-6-7-12-24-17-10-8-15(9-11-17)13-16-14-22-19(21)23-18(16)20/h8-11,14H,2-7,12-13H2,1H3,(H4,20,21,22,23). The van der Waals surface area contributed by atoms with Gasteiger partial charge in [0, 0.05) is 18.2 Å². The van der Waals surface area contributed by atoms with Crippen LogP contribution in [0.3, 0.4) is 0 Å². The molecular formula is C19H28N4O. The first-order valence-electron chi connectivity index (χ1n) is 8.77. The number of nitrogen functional groups attached to an aromatic ring is 2. The average Bonchev–Trinajstić information content (AvgIpc) is 2.58. The van der Waals surface area contributed by atoms with Crippen LogP contribution >= 0.6 is 0 Å². The van der Waals surface area contributed by atoms with Crippen molar-refractivity contribution in [3.8, 4) is 5.75 Å². The van der Waals surface area contributed by atoms with E-state index in [-0.39, 0.29) is 5.95 Å². The quantitative estimate of drug-likeness (QED) is 0.644. The lowest BCUT2D eigenvalue weighted by Gasteiger charge is -2.08. The monoisotopic (exact) mass is 328 g/mol. The fourth-order valence-corrected chi connectivity index (χ4v) is 2.57. The van der Waals surface area contributed by atoms with E-state index in [9.17, 15) is 0 Å². The lowest BCUT2D eigenvalue weighted by Crippen LogP contribution is -2.04. The fourth-order valence-electron chi connectivity index (χ4n) is 2.57. The van der Waals surface area contributed by atoms with Gasteiger partial charge in [-0.2, -0.15) is 4.98 Å². The van der Waals surface area contributed by atoms with E-state index in [1.807, 2.05) is 24.3 Å². The Hall–Kier alpha value is -2.30. The van der Waals surface area contributed by atoms with Crippen LogP contribution in [0, 0.1) is 0 Å². The Morgan fingerprint density at radius 2 is 1.67 bits per heavy atom. The molecule has 0 unspecified atom stereocenters. The zero-order chi connectivity index (χ0) is 17.2. The van der Waals surface area contributed by atoms with Crippen LogP contribution in [0.25, 0.3) is 0 Å². The molecule has 0 aliphatic carbocycles. The Bertz CT molecular complexity index is 613. The Kier molecular flexibility index (Phi) is 7.33. The predicted molar refractivity (Wildman–Crippen MR) is 99.0 cm³/mol. The zero-order valence-corrected chi connectivity index (χ0v) is 14.5. The summed E-state index contributed by atoms with van der Waals surface area (Å²) in [6.07, 6.45) is 10.00. The first-order chi connectivity index (χ1) is 11.7. The fraction of sp³-hybridized carbons (Fsp3) is 0.474. The maximum absolute atomic E-state index is 5.87. The van der Waals surface area contributed by atoms with Crippen molar-refractivity contribution in [2.75, 3.05) is 18.1 Å². The summed E-state index contributed by atoms with van der Waals surface area (Å²) in [5.41, 5.74) is 13.4. The molecular weight excluding hydrogens is 300 g/mol. The molecule has 0 amide bonds. The van der Waals surface area contributed by atoms with E-state index < -0.39 is 0 Å². The number of anilines is 2. The van der Waals surface area contributed by atoms with Crippen LogP contribution in [-0.2, 0) is 6.42 Å². The van der Waals surface area contributed by atoms with Crippen LogP contribution in [0.1, 0.15) is 56.6 Å². The molecule has 0 atom stereocenters. The van der Waals surface area contributed by atoms with Crippen molar-refractivity contribution in [1.82, 2.24) is 9.97 Å². The highest BCUT2D eigenvalue weighted by molar-refractivity contribution is 5.44. The first-order valence-corrected chi connectivity index (χ1v) is 8.77. The van der Waals surface area contributed by atoms with Gasteiger partial charge in [0.15, 0.2) is 0 Å². The Balaban J connectivity index is 1.74. The largest absolute Gasteiger partial charge is 0.494 e. The van der Waals surface area contributed by atoms with Gasteiger partial charge in [0.1, 0.15) is 11.6 Å². The minimum Gasteiger partial charge on any atom is -0.494 e. The summed E-state index contributed by atoms with van der Waals surface area (Å²) < 4.78 is 5.79. The van der Waals surface area contributed by atoms with E-state index in [0.717, 1.165) is 29.9 Å². The van der Waals surface area contributed by atoms with E-state index in [4.69, 9.17) is 16.2 Å². The molecule has 0 aliphatic rings. The minimum atomic E-state index is 0.203. The second-order valence-corrected chi connectivity index (χ2v) is 6.08. The van der Waals surface area contributed by atoms with E-state index in [1.165, 1.54) is 32.1 Å². The molecule has 0 saturated carbocycles. The molecule has 5 heteroatoms. The van der Waals surface area contributed by atoms with Gasteiger partial charge in [-0.3, -0.25) is 0 Å². The van der Waals surface area contributed by atoms with Crippen molar-refractivity contribution in [1.29, 1.82) is 0 Å². The molecule has 0 radical (unpaired) electrons. The van der Waals surface area contributed by atoms with Gasteiger partial charge in [-0.05, 0) is 24.1 Å². The average molecular weight is 328 g/mol. The van der Waals surface area contributed by atoms with Crippen LogP contribution in [0.15, 0.2) is 30.5 Å². The van der Waals surface area contributed by atoms with Crippen molar-refractivity contribution in [2.24, 2.45) is 0 Å².